The van der Waals surface area contributed by atoms with Crippen molar-refractivity contribution in [2.75, 3.05) is 13.2 Å². The van der Waals surface area contributed by atoms with Crippen molar-refractivity contribution >= 4 is 0 Å². The van der Waals surface area contributed by atoms with Crippen molar-refractivity contribution in [3.63, 3.8) is 0 Å². The maximum Gasteiger partial charge on any atom is 0.0460 e. The lowest BCUT2D eigenvalue weighted by molar-refractivity contribution is 0.156. The molecule has 0 aromatic rings. The van der Waals surface area contributed by atoms with E-state index >= 15 is 0 Å². The molecule has 2 fully saturated rings. The molecule has 0 radical (unpaired) electrons. The number of aliphatic hydroxyl groups is 1. The van der Waals surface area contributed by atoms with Gasteiger partial charge in [-0.1, -0.05) is 12.8 Å². The van der Waals surface area contributed by atoms with E-state index in [1.165, 1.54) is 38.5 Å². The van der Waals surface area contributed by atoms with Crippen molar-refractivity contribution < 1.29 is 5.11 Å². The molecule has 1 aliphatic carbocycles. The normalized spacial score (nSPS) is 36.7. The fourth-order valence-electron chi connectivity index (χ4n) is 2.92. The summed E-state index contributed by atoms with van der Waals surface area (Å²) >= 11 is 0. The zero-order chi connectivity index (χ0) is 9.10. The molecule has 0 amide bonds. The molecule has 76 valence electrons. The Kier molecular flexibility index (Phi) is 3.23. The summed E-state index contributed by atoms with van der Waals surface area (Å²) in [6.07, 6.45) is 8.05. The third-order valence-corrected chi connectivity index (χ3v) is 3.77. The van der Waals surface area contributed by atoms with Crippen molar-refractivity contribution in [2.24, 2.45) is 11.8 Å². The average molecular weight is 183 g/mol. The molecule has 0 bridgehead atoms. The molecule has 2 aliphatic rings. The summed E-state index contributed by atoms with van der Waals surface area (Å²) in [5.74, 6) is 1.49. The van der Waals surface area contributed by atoms with Crippen LogP contribution in [0.3, 0.4) is 0 Å². The summed E-state index contributed by atoms with van der Waals surface area (Å²) in [5, 5.41) is 12.7. The summed E-state index contributed by atoms with van der Waals surface area (Å²) in [6, 6.07) is 0.716. The van der Waals surface area contributed by atoms with E-state index in [9.17, 15) is 0 Å². The van der Waals surface area contributed by atoms with Crippen LogP contribution in [0.4, 0.5) is 0 Å². The van der Waals surface area contributed by atoms with E-state index in [0.717, 1.165) is 12.5 Å². The fourth-order valence-corrected chi connectivity index (χ4v) is 2.92. The third-order valence-electron chi connectivity index (χ3n) is 3.77. The highest BCUT2D eigenvalue weighted by atomic mass is 16.3. The molecule has 2 atom stereocenters. The Morgan fingerprint density at radius 2 is 1.92 bits per heavy atom. The van der Waals surface area contributed by atoms with Crippen LogP contribution < -0.4 is 5.32 Å². The molecule has 2 nitrogen and oxygen atoms in total. The van der Waals surface area contributed by atoms with Gasteiger partial charge in [-0.25, -0.2) is 0 Å². The molecule has 0 aromatic heterocycles. The van der Waals surface area contributed by atoms with Crippen molar-refractivity contribution in [3.8, 4) is 0 Å². The summed E-state index contributed by atoms with van der Waals surface area (Å²) in [6.45, 7) is 1.51. The Hall–Kier alpha value is -0.0800. The second-order valence-corrected chi connectivity index (χ2v) is 4.68. The van der Waals surface area contributed by atoms with Crippen LogP contribution in [0.25, 0.3) is 0 Å². The first-order chi connectivity index (χ1) is 6.40. The summed E-state index contributed by atoms with van der Waals surface area (Å²) < 4.78 is 0. The number of aliphatic hydroxyl groups excluding tert-OH is 1. The Morgan fingerprint density at radius 3 is 2.62 bits per heavy atom. The van der Waals surface area contributed by atoms with Gasteiger partial charge in [-0.2, -0.15) is 0 Å². The van der Waals surface area contributed by atoms with Crippen LogP contribution in [0.15, 0.2) is 0 Å². The Balaban J connectivity index is 1.84. The Morgan fingerprint density at radius 1 is 1.15 bits per heavy atom. The first-order valence-corrected chi connectivity index (χ1v) is 5.74. The quantitative estimate of drug-likeness (QED) is 0.680. The van der Waals surface area contributed by atoms with Crippen LogP contribution in [-0.4, -0.2) is 24.3 Å². The van der Waals surface area contributed by atoms with Crippen LogP contribution in [0.2, 0.25) is 0 Å². The maximum absolute atomic E-state index is 9.12. The summed E-state index contributed by atoms with van der Waals surface area (Å²) in [5.41, 5.74) is 0. The minimum absolute atomic E-state index is 0.394. The van der Waals surface area contributed by atoms with Gasteiger partial charge in [0.05, 0.1) is 0 Å². The van der Waals surface area contributed by atoms with Gasteiger partial charge in [0, 0.05) is 12.6 Å². The summed E-state index contributed by atoms with van der Waals surface area (Å²) in [7, 11) is 0. The Bertz CT molecular complexity index is 154. The molecule has 1 saturated heterocycles. The predicted octanol–water partition coefficient (Wildman–Crippen LogP) is 1.54. The lowest BCUT2D eigenvalue weighted by Crippen LogP contribution is -2.43. The molecule has 2 heteroatoms. The molecule has 1 saturated carbocycles. The number of hydrogen-bond donors (Lipinski definition) is 2. The largest absolute Gasteiger partial charge is 0.396 e. The van der Waals surface area contributed by atoms with Crippen molar-refractivity contribution in [3.05, 3.63) is 0 Å². The minimum Gasteiger partial charge on any atom is -0.396 e. The lowest BCUT2D eigenvalue weighted by Gasteiger charge is -2.33. The number of nitrogens with one attached hydrogen (secondary N) is 1. The van der Waals surface area contributed by atoms with Gasteiger partial charge >= 0.3 is 0 Å². The van der Waals surface area contributed by atoms with Gasteiger partial charge in [-0.3, -0.25) is 0 Å². The van der Waals surface area contributed by atoms with Gasteiger partial charge in [-0.05, 0) is 44.1 Å². The maximum atomic E-state index is 9.12. The molecule has 13 heavy (non-hydrogen) atoms. The van der Waals surface area contributed by atoms with Crippen molar-refractivity contribution in [2.45, 2.75) is 44.6 Å². The van der Waals surface area contributed by atoms with E-state index in [1.807, 2.05) is 0 Å². The van der Waals surface area contributed by atoms with Crippen LogP contribution in [0.5, 0.6) is 0 Å². The highest BCUT2D eigenvalue weighted by Crippen LogP contribution is 2.32. The molecule has 2 unspecified atom stereocenters. The van der Waals surface area contributed by atoms with Gasteiger partial charge in [0.1, 0.15) is 0 Å². The van der Waals surface area contributed by atoms with Crippen LogP contribution in [0.1, 0.15) is 38.5 Å². The lowest BCUT2D eigenvalue weighted by atomic mass is 9.85. The number of piperidine rings is 1. The number of rotatable bonds is 2. The van der Waals surface area contributed by atoms with Gasteiger partial charge in [0.2, 0.25) is 0 Å². The molecule has 2 rings (SSSR count). The van der Waals surface area contributed by atoms with Crippen molar-refractivity contribution in [1.82, 2.24) is 5.32 Å². The molecular weight excluding hydrogens is 162 g/mol. The van der Waals surface area contributed by atoms with E-state index < -0.39 is 0 Å². The SMILES string of the molecule is OCC1CCNC(C2CCCC2)C1. The van der Waals surface area contributed by atoms with Crippen LogP contribution in [-0.2, 0) is 0 Å². The van der Waals surface area contributed by atoms with E-state index in [0.29, 0.717) is 18.6 Å². The topological polar surface area (TPSA) is 32.3 Å². The first-order valence-electron chi connectivity index (χ1n) is 5.74. The van der Waals surface area contributed by atoms with Gasteiger partial charge in [0.15, 0.2) is 0 Å². The third kappa shape index (κ3) is 2.23. The zero-order valence-electron chi connectivity index (χ0n) is 8.34. The van der Waals surface area contributed by atoms with E-state index in [1.54, 1.807) is 0 Å². The van der Waals surface area contributed by atoms with Crippen molar-refractivity contribution in [1.29, 1.82) is 0 Å². The highest BCUT2D eigenvalue weighted by Gasteiger charge is 2.29. The standard InChI is InChI=1S/C11H21NO/c13-8-9-5-6-12-11(7-9)10-3-1-2-4-10/h9-13H,1-8H2. The second-order valence-electron chi connectivity index (χ2n) is 4.68. The Labute approximate surface area is 80.7 Å². The molecule has 0 spiro atoms. The fraction of sp³-hybridized carbons (Fsp3) is 1.00. The van der Waals surface area contributed by atoms with Gasteiger partial charge in [-0.15, -0.1) is 0 Å². The average Bonchev–Trinajstić information content (AvgIpc) is 2.71. The van der Waals surface area contributed by atoms with Gasteiger partial charge < -0.3 is 10.4 Å². The molecular formula is C11H21NO. The molecule has 0 aromatic carbocycles. The van der Waals surface area contributed by atoms with E-state index in [2.05, 4.69) is 5.32 Å². The second kappa shape index (κ2) is 4.43. The molecule has 1 heterocycles. The van der Waals surface area contributed by atoms with Crippen LogP contribution in [0, 0.1) is 11.8 Å². The first kappa shape index (κ1) is 9.47. The van der Waals surface area contributed by atoms with E-state index in [4.69, 9.17) is 5.11 Å². The number of hydrogen-bond acceptors (Lipinski definition) is 2. The predicted molar refractivity (Wildman–Crippen MR) is 53.6 cm³/mol. The summed E-state index contributed by atoms with van der Waals surface area (Å²) in [4.78, 5) is 0. The molecule has 1 aliphatic heterocycles. The van der Waals surface area contributed by atoms with Crippen LogP contribution >= 0.6 is 0 Å². The zero-order valence-corrected chi connectivity index (χ0v) is 8.34. The van der Waals surface area contributed by atoms with E-state index in [-0.39, 0.29) is 0 Å². The monoisotopic (exact) mass is 183 g/mol. The van der Waals surface area contributed by atoms with Gasteiger partial charge in [0.25, 0.3) is 0 Å². The smallest absolute Gasteiger partial charge is 0.0460 e. The highest BCUT2D eigenvalue weighted by molar-refractivity contribution is 4.85. The minimum atomic E-state index is 0.394. The molecule has 2 N–H and O–H groups in total.